The van der Waals surface area contributed by atoms with Crippen molar-refractivity contribution in [3.63, 3.8) is 0 Å². The Labute approximate surface area is 230 Å². The number of rotatable bonds is 10. The first-order chi connectivity index (χ1) is 19.2. The molecule has 4 rings (SSSR count). The van der Waals surface area contributed by atoms with Gasteiger partial charge in [-0.15, -0.1) is 0 Å². The highest BCUT2D eigenvalue weighted by molar-refractivity contribution is 6.00. The van der Waals surface area contributed by atoms with Crippen LogP contribution < -0.4 is 30.7 Å². The highest BCUT2D eigenvalue weighted by atomic mass is 16.7. The highest BCUT2D eigenvalue weighted by Gasteiger charge is 2.25. The van der Waals surface area contributed by atoms with E-state index in [9.17, 15) is 24.3 Å². The van der Waals surface area contributed by atoms with Crippen LogP contribution in [-0.2, 0) is 14.4 Å². The van der Waals surface area contributed by atoms with E-state index in [0.29, 0.717) is 34.1 Å². The summed E-state index contributed by atoms with van der Waals surface area (Å²) in [4.78, 5) is 49.1. The number of para-hydroxylation sites is 1. The number of carboxylic acids is 1. The summed E-state index contributed by atoms with van der Waals surface area (Å²) in [5, 5.41) is 20.3. The van der Waals surface area contributed by atoms with Crippen LogP contribution in [0.4, 0.5) is 21.9 Å². The maximum atomic E-state index is 12.8. The second-order valence-electron chi connectivity index (χ2n) is 9.40. The van der Waals surface area contributed by atoms with E-state index in [0.717, 1.165) is 5.56 Å². The molecule has 5 N–H and O–H groups in total. The van der Waals surface area contributed by atoms with Crippen LogP contribution in [0.2, 0.25) is 0 Å². The number of anilines is 3. The van der Waals surface area contributed by atoms with Gasteiger partial charge in [-0.05, 0) is 60.5 Å². The summed E-state index contributed by atoms with van der Waals surface area (Å²) in [5.74, 6) is -1.64. The van der Waals surface area contributed by atoms with Crippen molar-refractivity contribution in [2.24, 2.45) is 5.92 Å². The van der Waals surface area contributed by atoms with Crippen molar-refractivity contribution in [1.29, 1.82) is 0 Å². The van der Waals surface area contributed by atoms with Crippen LogP contribution in [0.3, 0.4) is 0 Å². The lowest BCUT2D eigenvalue weighted by atomic mass is 10.0. The first-order valence-corrected chi connectivity index (χ1v) is 12.6. The Morgan fingerprint density at radius 1 is 0.850 bits per heavy atom. The second kappa shape index (κ2) is 12.7. The fourth-order valence-corrected chi connectivity index (χ4v) is 4.09. The Bertz CT molecular complexity index is 1410. The molecule has 1 aliphatic rings. The largest absolute Gasteiger partial charge is 0.481 e. The van der Waals surface area contributed by atoms with E-state index in [-0.39, 0.29) is 19.6 Å². The van der Waals surface area contributed by atoms with E-state index in [1.807, 2.05) is 25.1 Å². The van der Waals surface area contributed by atoms with Crippen molar-refractivity contribution in [2.45, 2.75) is 32.7 Å². The summed E-state index contributed by atoms with van der Waals surface area (Å²) >= 11 is 0. The van der Waals surface area contributed by atoms with Crippen LogP contribution in [0.25, 0.3) is 0 Å². The summed E-state index contributed by atoms with van der Waals surface area (Å²) < 4.78 is 10.6. The lowest BCUT2D eigenvalue weighted by molar-refractivity contribution is -0.138. The monoisotopic (exact) mass is 546 g/mol. The summed E-state index contributed by atoms with van der Waals surface area (Å²) in [7, 11) is 0. The number of aliphatic carboxylic acids is 1. The zero-order valence-electron chi connectivity index (χ0n) is 22.0. The summed E-state index contributed by atoms with van der Waals surface area (Å²) in [6.07, 6.45) is -0.459. The lowest BCUT2D eigenvalue weighted by Crippen LogP contribution is -2.35. The molecule has 11 heteroatoms. The fraction of sp³-hybridized carbons (Fsp3) is 0.241. The zero-order valence-corrected chi connectivity index (χ0v) is 22.0. The third-order valence-corrected chi connectivity index (χ3v) is 6.25. The molecule has 0 aromatic heterocycles. The smallest absolute Gasteiger partial charge is 0.323 e. The Kier molecular flexibility index (Phi) is 8.85. The van der Waals surface area contributed by atoms with E-state index in [1.54, 1.807) is 55.5 Å². The van der Waals surface area contributed by atoms with Gasteiger partial charge >= 0.3 is 12.0 Å². The maximum absolute atomic E-state index is 12.8. The molecule has 3 aromatic rings. The predicted molar refractivity (Wildman–Crippen MR) is 148 cm³/mol. The van der Waals surface area contributed by atoms with E-state index < -0.39 is 35.8 Å². The topological polar surface area (TPSA) is 155 Å². The number of carbonyl (C=O) groups excluding carboxylic acids is 3. The van der Waals surface area contributed by atoms with Crippen molar-refractivity contribution in [3.05, 3.63) is 77.9 Å². The predicted octanol–water partition coefficient (Wildman–Crippen LogP) is 4.66. The molecule has 1 unspecified atom stereocenters. The van der Waals surface area contributed by atoms with Crippen LogP contribution in [0, 0.1) is 12.8 Å². The molecule has 40 heavy (non-hydrogen) atoms. The minimum atomic E-state index is -1.08. The Morgan fingerprint density at radius 3 is 2.23 bits per heavy atom. The Hall–Kier alpha value is -5.06. The molecular weight excluding hydrogens is 516 g/mol. The van der Waals surface area contributed by atoms with Gasteiger partial charge in [0.2, 0.25) is 18.6 Å². The van der Waals surface area contributed by atoms with Crippen LogP contribution >= 0.6 is 0 Å². The molecule has 208 valence electrons. The fourth-order valence-electron chi connectivity index (χ4n) is 4.09. The number of amides is 4. The molecule has 4 amide bonds. The third kappa shape index (κ3) is 7.50. The summed E-state index contributed by atoms with van der Waals surface area (Å²) in [6, 6.07) is 17.7. The van der Waals surface area contributed by atoms with Crippen molar-refractivity contribution in [2.75, 3.05) is 22.7 Å². The average molecular weight is 547 g/mol. The number of ether oxygens (including phenoxy) is 2. The number of hydrogen-bond donors (Lipinski definition) is 5. The molecule has 0 spiro atoms. The molecule has 2 atom stereocenters. The van der Waals surface area contributed by atoms with Gasteiger partial charge in [0.1, 0.15) is 0 Å². The normalized spacial score (nSPS) is 13.1. The van der Waals surface area contributed by atoms with Crippen molar-refractivity contribution in [1.82, 2.24) is 5.32 Å². The Morgan fingerprint density at radius 2 is 1.52 bits per heavy atom. The molecule has 0 aliphatic carbocycles. The molecule has 1 heterocycles. The van der Waals surface area contributed by atoms with Gasteiger partial charge in [-0.3, -0.25) is 14.4 Å². The van der Waals surface area contributed by atoms with Gasteiger partial charge in [-0.1, -0.05) is 31.2 Å². The van der Waals surface area contributed by atoms with Gasteiger partial charge in [0.15, 0.2) is 11.5 Å². The van der Waals surface area contributed by atoms with Gasteiger partial charge < -0.3 is 35.8 Å². The first-order valence-electron chi connectivity index (χ1n) is 12.6. The van der Waals surface area contributed by atoms with E-state index in [1.165, 1.54) is 0 Å². The zero-order chi connectivity index (χ0) is 28.6. The van der Waals surface area contributed by atoms with Crippen molar-refractivity contribution >= 4 is 40.9 Å². The maximum Gasteiger partial charge on any atom is 0.323 e. The molecule has 3 aromatic carbocycles. The summed E-state index contributed by atoms with van der Waals surface area (Å²) in [5.41, 5.74) is 3.21. The molecule has 11 nitrogen and oxygen atoms in total. The number of aryl methyl sites for hydroxylation is 1. The summed E-state index contributed by atoms with van der Waals surface area (Å²) in [6.45, 7) is 3.56. The number of nitrogens with one attached hydrogen (secondary N) is 4. The highest BCUT2D eigenvalue weighted by Crippen LogP contribution is 2.35. The van der Waals surface area contributed by atoms with Crippen LogP contribution in [0.1, 0.15) is 36.9 Å². The first kappa shape index (κ1) is 28.0. The Balaban J connectivity index is 1.28. The number of fused-ring (bicyclic) bond motifs is 1. The SMILES string of the molecule is Cc1ccccc1NC(=O)Nc1ccc(NC(=O)CC(C)C(=O)N[C@@H](CC(=O)O)c2ccc3c(c2)OCO3)cc1. The number of hydrogen-bond acceptors (Lipinski definition) is 6. The van der Waals surface area contributed by atoms with Crippen molar-refractivity contribution in [3.8, 4) is 11.5 Å². The average Bonchev–Trinajstić information content (AvgIpc) is 3.38. The minimum Gasteiger partial charge on any atom is -0.481 e. The van der Waals surface area contributed by atoms with Crippen molar-refractivity contribution < 1.29 is 33.8 Å². The molecule has 0 saturated carbocycles. The quantitative estimate of drug-likeness (QED) is 0.248. The molecule has 0 fully saturated rings. The van der Waals surface area contributed by atoms with E-state index in [2.05, 4.69) is 21.3 Å². The number of carboxylic acid groups (broad SMARTS) is 1. The van der Waals surface area contributed by atoms with Gasteiger partial charge in [-0.25, -0.2) is 4.79 Å². The molecule has 0 saturated heterocycles. The van der Waals surface area contributed by atoms with Gasteiger partial charge in [0.05, 0.1) is 12.5 Å². The van der Waals surface area contributed by atoms with E-state index >= 15 is 0 Å². The molecular formula is C29H30N4O7. The molecule has 0 bridgehead atoms. The third-order valence-electron chi connectivity index (χ3n) is 6.25. The molecule has 1 aliphatic heterocycles. The number of carbonyl (C=O) groups is 4. The second-order valence-corrected chi connectivity index (χ2v) is 9.40. The number of urea groups is 1. The van der Waals surface area contributed by atoms with Crippen LogP contribution in [-0.4, -0.2) is 35.7 Å². The van der Waals surface area contributed by atoms with Gasteiger partial charge in [-0.2, -0.15) is 0 Å². The molecule has 0 radical (unpaired) electrons. The van der Waals surface area contributed by atoms with Crippen LogP contribution in [0.15, 0.2) is 66.7 Å². The van der Waals surface area contributed by atoms with Crippen LogP contribution in [0.5, 0.6) is 11.5 Å². The lowest BCUT2D eigenvalue weighted by Gasteiger charge is -2.20. The van der Waals surface area contributed by atoms with Gasteiger partial charge in [0.25, 0.3) is 0 Å². The number of benzene rings is 3. The standard InChI is InChI=1S/C29H30N4O7/c1-17-5-3-4-6-22(17)33-29(38)31-21-10-8-20(9-11-21)30-26(34)13-18(2)28(37)32-23(15-27(35)36)19-7-12-24-25(14-19)40-16-39-24/h3-12,14,18,23H,13,15-16H2,1-2H3,(H,30,34)(H,32,37)(H,35,36)(H2,31,33,38)/t18?,23-/m0/s1. The minimum absolute atomic E-state index is 0.0729. The van der Waals surface area contributed by atoms with Gasteiger partial charge in [0, 0.05) is 29.4 Å². The van der Waals surface area contributed by atoms with E-state index in [4.69, 9.17) is 9.47 Å².